The van der Waals surface area contributed by atoms with Crippen LogP contribution in [0.1, 0.15) is 11.3 Å². The van der Waals surface area contributed by atoms with Gasteiger partial charge >= 0.3 is 6.18 Å². The number of hydrogen-bond acceptors (Lipinski definition) is 1. The van der Waals surface area contributed by atoms with Crippen LogP contribution in [0.4, 0.5) is 13.2 Å². The van der Waals surface area contributed by atoms with E-state index in [1.54, 1.807) is 6.92 Å². The molecule has 2 nitrogen and oxygen atoms in total. The van der Waals surface area contributed by atoms with Gasteiger partial charge in [0.15, 0.2) is 6.61 Å². The number of ether oxygens (including phenoxy) is 1. The molecule has 0 radical (unpaired) electrons. The predicted molar refractivity (Wildman–Crippen MR) is 46.6 cm³/mol. The van der Waals surface area contributed by atoms with E-state index in [-0.39, 0.29) is 11.6 Å². The summed E-state index contributed by atoms with van der Waals surface area (Å²) in [6.45, 7) is 0.368. The lowest BCUT2D eigenvalue weighted by Gasteiger charge is -2.08. The van der Waals surface area contributed by atoms with Gasteiger partial charge in [0.1, 0.15) is 5.75 Å². The molecule has 14 heavy (non-hydrogen) atoms. The van der Waals surface area contributed by atoms with Crippen molar-refractivity contribution in [1.29, 1.82) is 0 Å². The van der Waals surface area contributed by atoms with E-state index in [1.807, 2.05) is 0 Å². The molecule has 0 unspecified atom stereocenters. The van der Waals surface area contributed by atoms with Crippen molar-refractivity contribution in [2.75, 3.05) is 6.61 Å². The molecule has 0 aliphatic heterocycles. The van der Waals surface area contributed by atoms with Crippen LogP contribution in [0, 0.1) is 6.92 Å². The zero-order valence-electron chi connectivity index (χ0n) is 7.41. The number of rotatable bonds is 3. The van der Waals surface area contributed by atoms with E-state index < -0.39 is 12.8 Å². The standard InChI is InChI=1S/C8H9ClF3NO/c1-5-6(2-9)13-3-7(5)14-4-8(10,11)12/h3,13H,2,4H2,1H3. The van der Waals surface area contributed by atoms with Gasteiger partial charge in [-0.25, -0.2) is 0 Å². The Balaban J connectivity index is 2.64. The summed E-state index contributed by atoms with van der Waals surface area (Å²) >= 11 is 5.53. The monoisotopic (exact) mass is 227 g/mol. The van der Waals surface area contributed by atoms with Crippen LogP contribution in [-0.2, 0) is 5.88 Å². The third-order valence-electron chi connectivity index (χ3n) is 1.72. The van der Waals surface area contributed by atoms with Crippen LogP contribution < -0.4 is 4.74 Å². The fourth-order valence-electron chi connectivity index (χ4n) is 0.966. The maximum absolute atomic E-state index is 11.8. The molecule has 0 saturated carbocycles. The molecule has 0 aromatic carbocycles. The molecule has 1 rings (SSSR count). The SMILES string of the molecule is Cc1c(OCC(F)(F)F)c[nH]c1CCl. The first-order chi connectivity index (χ1) is 6.44. The Kier molecular flexibility index (Phi) is 3.31. The molecule has 0 aliphatic carbocycles. The first-order valence-corrected chi connectivity index (χ1v) is 4.40. The Hall–Kier alpha value is -0.840. The highest BCUT2D eigenvalue weighted by molar-refractivity contribution is 6.17. The van der Waals surface area contributed by atoms with Crippen LogP contribution in [0.25, 0.3) is 0 Å². The van der Waals surface area contributed by atoms with Crippen molar-refractivity contribution in [3.8, 4) is 5.75 Å². The second kappa shape index (κ2) is 4.13. The minimum atomic E-state index is -4.31. The highest BCUT2D eigenvalue weighted by Crippen LogP contribution is 2.24. The van der Waals surface area contributed by atoms with Gasteiger partial charge in [-0.2, -0.15) is 13.2 Å². The molecule has 6 heteroatoms. The lowest BCUT2D eigenvalue weighted by molar-refractivity contribution is -0.153. The van der Waals surface area contributed by atoms with Crippen LogP contribution in [-0.4, -0.2) is 17.8 Å². The summed E-state index contributed by atoms with van der Waals surface area (Å²) < 4.78 is 40.0. The summed E-state index contributed by atoms with van der Waals surface area (Å²) in [6.07, 6.45) is -2.94. The Labute approximate surface area is 84.0 Å². The van der Waals surface area contributed by atoms with Gasteiger partial charge in [-0.1, -0.05) is 0 Å². The molecule has 0 saturated heterocycles. The van der Waals surface area contributed by atoms with Gasteiger partial charge in [0, 0.05) is 17.5 Å². The number of aromatic nitrogens is 1. The molecule has 0 bridgehead atoms. The van der Waals surface area contributed by atoms with Crippen molar-refractivity contribution in [2.24, 2.45) is 0 Å². The molecule has 80 valence electrons. The van der Waals surface area contributed by atoms with Crippen LogP contribution in [0.5, 0.6) is 5.75 Å². The number of hydrogen-bond donors (Lipinski definition) is 1. The molecule has 1 aromatic rings. The highest BCUT2D eigenvalue weighted by atomic mass is 35.5. The summed E-state index contributed by atoms with van der Waals surface area (Å²) in [5.41, 5.74) is 1.29. The second-order valence-corrected chi connectivity index (χ2v) is 3.06. The molecular formula is C8H9ClF3NO. The lowest BCUT2D eigenvalue weighted by atomic mass is 10.3. The van der Waals surface area contributed by atoms with Gasteiger partial charge < -0.3 is 9.72 Å². The third kappa shape index (κ3) is 2.83. The van der Waals surface area contributed by atoms with E-state index in [9.17, 15) is 13.2 Å². The molecule has 0 spiro atoms. The van der Waals surface area contributed by atoms with Crippen LogP contribution in [0.2, 0.25) is 0 Å². The number of nitrogens with one attached hydrogen (secondary N) is 1. The molecule has 0 amide bonds. The number of H-pyrrole nitrogens is 1. The minimum Gasteiger partial charge on any atom is -0.482 e. The summed E-state index contributed by atoms with van der Waals surface area (Å²) in [4.78, 5) is 2.74. The Morgan fingerprint density at radius 3 is 2.57 bits per heavy atom. The highest BCUT2D eigenvalue weighted by Gasteiger charge is 2.28. The molecule has 1 heterocycles. The van der Waals surface area contributed by atoms with Crippen molar-refractivity contribution in [3.63, 3.8) is 0 Å². The van der Waals surface area contributed by atoms with E-state index in [2.05, 4.69) is 9.72 Å². The van der Waals surface area contributed by atoms with Gasteiger partial charge in [0.25, 0.3) is 0 Å². The smallest absolute Gasteiger partial charge is 0.422 e. The van der Waals surface area contributed by atoms with Gasteiger partial charge in [0.2, 0.25) is 0 Å². The Morgan fingerprint density at radius 1 is 1.50 bits per heavy atom. The van der Waals surface area contributed by atoms with Gasteiger partial charge in [-0.05, 0) is 6.92 Å². The van der Waals surface area contributed by atoms with Crippen LogP contribution in [0.15, 0.2) is 6.20 Å². The average molecular weight is 228 g/mol. The molecular weight excluding hydrogens is 219 g/mol. The number of alkyl halides is 4. The van der Waals surface area contributed by atoms with Crippen molar-refractivity contribution in [3.05, 3.63) is 17.5 Å². The second-order valence-electron chi connectivity index (χ2n) is 2.79. The maximum Gasteiger partial charge on any atom is 0.422 e. The molecule has 1 N–H and O–H groups in total. The first kappa shape index (κ1) is 11.2. The Bertz CT molecular complexity index is 308. The molecule has 0 aliphatic rings. The maximum atomic E-state index is 11.8. The summed E-state index contributed by atoms with van der Waals surface area (Å²) in [6, 6.07) is 0. The predicted octanol–water partition coefficient (Wildman–Crippen LogP) is 3.00. The fourth-order valence-corrected chi connectivity index (χ4v) is 1.24. The lowest BCUT2D eigenvalue weighted by Crippen LogP contribution is -2.19. The zero-order chi connectivity index (χ0) is 10.8. The van der Waals surface area contributed by atoms with Gasteiger partial charge in [0.05, 0.1) is 5.88 Å². The topological polar surface area (TPSA) is 25.0 Å². The van der Waals surface area contributed by atoms with Crippen LogP contribution in [0.3, 0.4) is 0 Å². The number of halogens is 4. The van der Waals surface area contributed by atoms with E-state index >= 15 is 0 Å². The van der Waals surface area contributed by atoms with Gasteiger partial charge in [-0.3, -0.25) is 0 Å². The van der Waals surface area contributed by atoms with Crippen molar-refractivity contribution in [1.82, 2.24) is 4.98 Å². The van der Waals surface area contributed by atoms with Crippen molar-refractivity contribution in [2.45, 2.75) is 19.0 Å². The quantitative estimate of drug-likeness (QED) is 0.789. The van der Waals surface area contributed by atoms with Gasteiger partial charge in [-0.15, -0.1) is 11.6 Å². The first-order valence-electron chi connectivity index (χ1n) is 3.86. The molecule has 0 atom stereocenters. The minimum absolute atomic E-state index is 0.193. The summed E-state index contributed by atoms with van der Waals surface area (Å²) in [7, 11) is 0. The number of aromatic amines is 1. The fraction of sp³-hybridized carbons (Fsp3) is 0.500. The third-order valence-corrected chi connectivity index (χ3v) is 1.99. The summed E-state index contributed by atoms with van der Waals surface area (Å²) in [5.74, 6) is 0.416. The summed E-state index contributed by atoms with van der Waals surface area (Å²) in [5, 5.41) is 0. The van der Waals surface area contributed by atoms with Crippen LogP contribution >= 0.6 is 11.6 Å². The van der Waals surface area contributed by atoms with Crippen molar-refractivity contribution >= 4 is 11.6 Å². The van der Waals surface area contributed by atoms with E-state index in [4.69, 9.17) is 11.6 Å². The van der Waals surface area contributed by atoms with E-state index in [1.165, 1.54) is 6.20 Å². The van der Waals surface area contributed by atoms with E-state index in [0.29, 0.717) is 11.3 Å². The van der Waals surface area contributed by atoms with E-state index in [0.717, 1.165) is 0 Å². The normalized spacial score (nSPS) is 11.8. The average Bonchev–Trinajstić information content (AvgIpc) is 2.42. The van der Waals surface area contributed by atoms with Crippen molar-refractivity contribution < 1.29 is 17.9 Å². The molecule has 0 fully saturated rings. The molecule has 1 aromatic heterocycles. The largest absolute Gasteiger partial charge is 0.482 e. The zero-order valence-corrected chi connectivity index (χ0v) is 8.17. The Morgan fingerprint density at radius 2 is 2.14 bits per heavy atom.